The minimum atomic E-state index is -0.324. The zero-order valence-corrected chi connectivity index (χ0v) is 16.5. The number of rotatable bonds is 5. The van der Waals surface area contributed by atoms with E-state index in [2.05, 4.69) is 10.6 Å². The topological polar surface area (TPSA) is 67.4 Å². The molecule has 0 aliphatic heterocycles. The third-order valence-corrected chi connectivity index (χ3v) is 4.87. The maximum Gasteiger partial charge on any atom is 0.231 e. The second-order valence-electron chi connectivity index (χ2n) is 6.84. The monoisotopic (exact) mass is 376 g/mol. The summed E-state index contributed by atoms with van der Waals surface area (Å²) in [5.41, 5.74) is 3.14. The van der Waals surface area contributed by atoms with Crippen LogP contribution in [0.4, 0.5) is 11.4 Å². The van der Waals surface area contributed by atoms with Gasteiger partial charge in [-0.3, -0.25) is 9.59 Å². The van der Waals surface area contributed by atoms with E-state index in [1.54, 1.807) is 7.11 Å². The molecule has 0 fully saturated rings. The van der Waals surface area contributed by atoms with Crippen LogP contribution in [-0.4, -0.2) is 18.9 Å². The molecule has 1 atom stereocenters. The van der Waals surface area contributed by atoms with E-state index in [0.717, 1.165) is 27.6 Å². The quantitative estimate of drug-likeness (QED) is 0.668. The Kier molecular flexibility index (Phi) is 5.64. The van der Waals surface area contributed by atoms with E-state index in [-0.39, 0.29) is 17.7 Å². The average molecular weight is 376 g/mol. The van der Waals surface area contributed by atoms with Crippen molar-refractivity contribution in [2.24, 2.45) is 0 Å². The van der Waals surface area contributed by atoms with Gasteiger partial charge in [0.25, 0.3) is 0 Å². The molecule has 0 aromatic heterocycles. The molecular formula is C23H24N2O3. The molecule has 5 nitrogen and oxygen atoms in total. The number of carbonyl (C=O) groups is 2. The molecule has 2 N–H and O–H groups in total. The molecule has 0 spiro atoms. The van der Waals surface area contributed by atoms with Crippen LogP contribution in [0, 0.1) is 6.92 Å². The van der Waals surface area contributed by atoms with Gasteiger partial charge in [0.15, 0.2) is 0 Å². The first kappa shape index (κ1) is 19.4. The Morgan fingerprint density at radius 2 is 1.57 bits per heavy atom. The molecule has 2 amide bonds. The lowest BCUT2D eigenvalue weighted by Crippen LogP contribution is -2.20. The molecule has 0 saturated heterocycles. The Balaban J connectivity index is 1.81. The molecule has 0 heterocycles. The summed E-state index contributed by atoms with van der Waals surface area (Å²) in [5.74, 6) is 0.236. The molecule has 0 bridgehead atoms. The van der Waals surface area contributed by atoms with Gasteiger partial charge in [0, 0.05) is 18.3 Å². The van der Waals surface area contributed by atoms with Crippen molar-refractivity contribution in [1.29, 1.82) is 0 Å². The molecule has 28 heavy (non-hydrogen) atoms. The van der Waals surface area contributed by atoms with Gasteiger partial charge in [0.2, 0.25) is 11.8 Å². The SMILES string of the molecule is COc1ccc2cc([C@@H](C)C(=O)Nc3cccc(NC(C)=O)c3C)ccc2c1. The Morgan fingerprint density at radius 1 is 0.929 bits per heavy atom. The number of benzene rings is 3. The number of nitrogens with one attached hydrogen (secondary N) is 2. The first-order chi connectivity index (χ1) is 13.4. The standard InChI is InChI=1S/C23H24N2O3/c1-14(17-8-9-19-13-20(28-4)11-10-18(19)12-17)23(27)25-22-7-5-6-21(15(22)2)24-16(3)26/h5-14H,1-4H3,(H,24,26)(H,25,27)/t14-/m1/s1. The molecule has 0 aliphatic rings. The van der Waals surface area contributed by atoms with Crippen molar-refractivity contribution in [1.82, 2.24) is 0 Å². The number of fused-ring (bicyclic) bond motifs is 1. The Hall–Kier alpha value is -3.34. The van der Waals surface area contributed by atoms with Gasteiger partial charge in [-0.05, 0) is 60.0 Å². The fourth-order valence-corrected chi connectivity index (χ4v) is 3.13. The van der Waals surface area contributed by atoms with Gasteiger partial charge < -0.3 is 15.4 Å². The third kappa shape index (κ3) is 4.14. The van der Waals surface area contributed by atoms with Crippen molar-refractivity contribution < 1.29 is 14.3 Å². The average Bonchev–Trinajstić information content (AvgIpc) is 2.69. The largest absolute Gasteiger partial charge is 0.497 e. The van der Waals surface area contributed by atoms with Crippen LogP contribution in [0.2, 0.25) is 0 Å². The summed E-state index contributed by atoms with van der Waals surface area (Å²) < 4.78 is 5.26. The zero-order valence-electron chi connectivity index (χ0n) is 16.5. The van der Waals surface area contributed by atoms with Crippen LogP contribution < -0.4 is 15.4 Å². The van der Waals surface area contributed by atoms with Gasteiger partial charge >= 0.3 is 0 Å². The maximum absolute atomic E-state index is 12.8. The lowest BCUT2D eigenvalue weighted by molar-refractivity contribution is -0.117. The lowest BCUT2D eigenvalue weighted by Gasteiger charge is -2.16. The molecule has 0 aliphatic carbocycles. The highest BCUT2D eigenvalue weighted by molar-refractivity contribution is 5.98. The van der Waals surface area contributed by atoms with Gasteiger partial charge in [-0.1, -0.05) is 30.3 Å². The van der Waals surface area contributed by atoms with Crippen LogP contribution in [0.3, 0.4) is 0 Å². The summed E-state index contributed by atoms with van der Waals surface area (Å²) in [6.07, 6.45) is 0. The molecule has 3 aromatic carbocycles. The minimum absolute atomic E-state index is 0.101. The minimum Gasteiger partial charge on any atom is -0.497 e. The van der Waals surface area contributed by atoms with Gasteiger partial charge in [-0.25, -0.2) is 0 Å². The molecule has 0 saturated carbocycles. The third-order valence-electron chi connectivity index (χ3n) is 4.87. The van der Waals surface area contributed by atoms with E-state index in [0.29, 0.717) is 11.4 Å². The Bertz CT molecular complexity index is 1040. The summed E-state index contributed by atoms with van der Waals surface area (Å²) in [5, 5.41) is 7.88. The number of amides is 2. The summed E-state index contributed by atoms with van der Waals surface area (Å²) in [6, 6.07) is 17.3. The highest BCUT2D eigenvalue weighted by atomic mass is 16.5. The van der Waals surface area contributed by atoms with Crippen molar-refractivity contribution in [3.63, 3.8) is 0 Å². The van der Waals surface area contributed by atoms with Crippen LogP contribution in [0.25, 0.3) is 10.8 Å². The molecular weight excluding hydrogens is 352 g/mol. The number of carbonyl (C=O) groups excluding carboxylic acids is 2. The van der Waals surface area contributed by atoms with Crippen LogP contribution >= 0.6 is 0 Å². The van der Waals surface area contributed by atoms with E-state index in [1.807, 2.05) is 68.4 Å². The summed E-state index contributed by atoms with van der Waals surface area (Å²) in [7, 11) is 1.64. The lowest BCUT2D eigenvalue weighted by atomic mass is 9.96. The first-order valence-corrected chi connectivity index (χ1v) is 9.15. The van der Waals surface area contributed by atoms with Crippen molar-refractivity contribution in [2.75, 3.05) is 17.7 Å². The summed E-state index contributed by atoms with van der Waals surface area (Å²) in [6.45, 7) is 5.21. The Labute approximate surface area is 164 Å². The van der Waals surface area contributed by atoms with Crippen molar-refractivity contribution in [3.05, 3.63) is 65.7 Å². The predicted molar refractivity (Wildman–Crippen MR) is 113 cm³/mol. The van der Waals surface area contributed by atoms with E-state index in [9.17, 15) is 9.59 Å². The fraction of sp³-hybridized carbons (Fsp3) is 0.217. The van der Waals surface area contributed by atoms with Crippen molar-refractivity contribution in [2.45, 2.75) is 26.7 Å². The van der Waals surface area contributed by atoms with Gasteiger partial charge in [0.1, 0.15) is 5.75 Å². The van der Waals surface area contributed by atoms with E-state index in [4.69, 9.17) is 4.74 Å². The van der Waals surface area contributed by atoms with Crippen LogP contribution in [0.1, 0.15) is 30.9 Å². The van der Waals surface area contributed by atoms with Gasteiger partial charge in [-0.2, -0.15) is 0 Å². The molecule has 0 unspecified atom stereocenters. The number of hydrogen-bond donors (Lipinski definition) is 2. The zero-order chi connectivity index (χ0) is 20.3. The van der Waals surface area contributed by atoms with E-state index in [1.165, 1.54) is 6.92 Å². The number of anilines is 2. The first-order valence-electron chi connectivity index (χ1n) is 9.15. The molecule has 144 valence electrons. The van der Waals surface area contributed by atoms with Crippen LogP contribution in [-0.2, 0) is 9.59 Å². The van der Waals surface area contributed by atoms with E-state index >= 15 is 0 Å². The van der Waals surface area contributed by atoms with Crippen molar-refractivity contribution in [3.8, 4) is 5.75 Å². The number of hydrogen-bond acceptors (Lipinski definition) is 3. The van der Waals surface area contributed by atoms with Crippen LogP contribution in [0.5, 0.6) is 5.75 Å². The van der Waals surface area contributed by atoms with Crippen LogP contribution in [0.15, 0.2) is 54.6 Å². The second kappa shape index (κ2) is 8.13. The summed E-state index contributed by atoms with van der Waals surface area (Å²) in [4.78, 5) is 24.1. The molecule has 0 radical (unpaired) electrons. The smallest absolute Gasteiger partial charge is 0.231 e. The summed E-state index contributed by atoms with van der Waals surface area (Å²) >= 11 is 0. The highest BCUT2D eigenvalue weighted by Crippen LogP contribution is 2.28. The Morgan fingerprint density at radius 3 is 2.25 bits per heavy atom. The van der Waals surface area contributed by atoms with E-state index < -0.39 is 0 Å². The molecule has 3 aromatic rings. The number of methoxy groups -OCH3 is 1. The molecule has 3 rings (SSSR count). The number of ether oxygens (including phenoxy) is 1. The van der Waals surface area contributed by atoms with Gasteiger partial charge in [-0.15, -0.1) is 0 Å². The van der Waals surface area contributed by atoms with Crippen molar-refractivity contribution >= 4 is 34.0 Å². The fourth-order valence-electron chi connectivity index (χ4n) is 3.13. The highest BCUT2D eigenvalue weighted by Gasteiger charge is 2.17. The normalized spacial score (nSPS) is 11.7. The maximum atomic E-state index is 12.8. The van der Waals surface area contributed by atoms with Gasteiger partial charge in [0.05, 0.1) is 13.0 Å². The molecule has 5 heteroatoms. The predicted octanol–water partition coefficient (Wildman–Crippen LogP) is 4.86. The second-order valence-corrected chi connectivity index (χ2v) is 6.84.